The molecule has 1 fully saturated rings. The molecule has 1 amide bonds. The van der Waals surface area contributed by atoms with Gasteiger partial charge < -0.3 is 15.0 Å². The molecule has 6 rings (SSSR count). The Morgan fingerprint density at radius 3 is 2.68 bits per heavy atom. The second-order valence-electron chi connectivity index (χ2n) is 10.6. The Kier molecular flexibility index (Phi) is 8.47. The van der Waals surface area contributed by atoms with E-state index in [0.717, 1.165) is 42.9 Å². The lowest BCUT2D eigenvalue weighted by atomic mass is 9.98. The van der Waals surface area contributed by atoms with Gasteiger partial charge in [-0.15, -0.1) is 0 Å². The van der Waals surface area contributed by atoms with E-state index < -0.39 is 0 Å². The number of amides is 1. The molecule has 0 aliphatic carbocycles. The van der Waals surface area contributed by atoms with Crippen molar-refractivity contribution < 1.29 is 18.8 Å². The van der Waals surface area contributed by atoms with Gasteiger partial charge in [-0.3, -0.25) is 14.6 Å². The molecule has 2 bridgehead atoms. The first-order valence-electron chi connectivity index (χ1n) is 13.9. The molecule has 0 radical (unpaired) electrons. The van der Waals surface area contributed by atoms with Gasteiger partial charge in [0.2, 0.25) is 0 Å². The lowest BCUT2D eigenvalue weighted by Crippen LogP contribution is -2.33. The molecule has 0 saturated carbocycles. The number of pyridine rings is 1. The molecule has 4 aromatic rings. The molecule has 1 saturated heterocycles. The van der Waals surface area contributed by atoms with Gasteiger partial charge in [0.25, 0.3) is 5.91 Å². The van der Waals surface area contributed by atoms with Crippen molar-refractivity contribution in [3.05, 3.63) is 89.3 Å². The second-order valence-corrected chi connectivity index (χ2v) is 10.6. The number of halogens is 1. The zero-order valence-electron chi connectivity index (χ0n) is 23.2. The molecule has 3 aromatic heterocycles. The van der Waals surface area contributed by atoms with Gasteiger partial charge in [-0.2, -0.15) is 5.10 Å². The Morgan fingerprint density at radius 1 is 1.10 bits per heavy atom. The molecule has 0 spiro atoms. The molecule has 9 nitrogen and oxygen atoms in total. The predicted octanol–water partition coefficient (Wildman–Crippen LogP) is 4.91. The van der Waals surface area contributed by atoms with Gasteiger partial charge in [0.15, 0.2) is 11.4 Å². The number of carbonyl (C=O) groups excluding carboxylic acids is 3. The Labute approximate surface area is 237 Å². The van der Waals surface area contributed by atoms with Gasteiger partial charge in [0, 0.05) is 42.9 Å². The van der Waals surface area contributed by atoms with Crippen LogP contribution in [0, 0.1) is 5.82 Å². The number of hydrogen-bond donors (Lipinski definition) is 1. The third-order valence-electron chi connectivity index (χ3n) is 7.47. The zero-order chi connectivity index (χ0) is 28.9. The summed E-state index contributed by atoms with van der Waals surface area (Å²) in [6.07, 6.45) is 8.63. The van der Waals surface area contributed by atoms with E-state index in [1.807, 2.05) is 37.4 Å². The van der Waals surface area contributed by atoms with Crippen molar-refractivity contribution in [3.63, 3.8) is 0 Å². The minimum atomic E-state index is -0.322. The Bertz CT molecular complexity index is 1570. The van der Waals surface area contributed by atoms with Crippen LogP contribution >= 0.6 is 0 Å². The molecule has 2 atom stereocenters. The fraction of sp³-hybridized carbons (Fsp3) is 0.355. The van der Waals surface area contributed by atoms with Crippen molar-refractivity contribution >= 4 is 28.9 Å². The molecule has 2 aliphatic heterocycles. The van der Waals surface area contributed by atoms with Crippen LogP contribution in [0.1, 0.15) is 84.0 Å². The number of anilines is 1. The highest BCUT2D eigenvalue weighted by molar-refractivity contribution is 6.00. The summed E-state index contributed by atoms with van der Waals surface area (Å²) in [5, 5.41) is 7.27. The maximum Gasteiger partial charge on any atom is 0.256 e. The van der Waals surface area contributed by atoms with Gasteiger partial charge >= 0.3 is 0 Å². The zero-order valence-corrected chi connectivity index (χ0v) is 23.2. The van der Waals surface area contributed by atoms with Gasteiger partial charge in [-0.1, -0.05) is 30.3 Å². The highest BCUT2D eigenvalue weighted by Crippen LogP contribution is 2.37. The number of hydrogen-bond acceptors (Lipinski definition) is 7. The van der Waals surface area contributed by atoms with E-state index in [0.29, 0.717) is 36.0 Å². The number of aromatic nitrogens is 4. The minimum Gasteiger partial charge on any atom is -0.349 e. The molecule has 1 N–H and O–H groups in total. The highest BCUT2D eigenvalue weighted by atomic mass is 19.1. The first kappa shape index (κ1) is 28.1. The summed E-state index contributed by atoms with van der Waals surface area (Å²) in [4.78, 5) is 46.1. The lowest BCUT2D eigenvalue weighted by Gasteiger charge is -2.27. The van der Waals surface area contributed by atoms with Crippen LogP contribution in [0.5, 0.6) is 0 Å². The number of ketones is 2. The van der Waals surface area contributed by atoms with Crippen molar-refractivity contribution in [1.29, 1.82) is 0 Å². The van der Waals surface area contributed by atoms with Crippen LogP contribution in [0.25, 0.3) is 5.65 Å². The maximum atomic E-state index is 14.1. The Morgan fingerprint density at radius 2 is 1.90 bits per heavy atom. The summed E-state index contributed by atoms with van der Waals surface area (Å²) in [5.74, 6) is 0.363. The van der Waals surface area contributed by atoms with E-state index >= 15 is 0 Å². The molecule has 1 aromatic carbocycles. The van der Waals surface area contributed by atoms with Crippen molar-refractivity contribution in [1.82, 2.24) is 24.9 Å². The van der Waals surface area contributed by atoms with Gasteiger partial charge in [0.1, 0.15) is 23.0 Å². The average molecular weight is 557 g/mol. The van der Waals surface area contributed by atoms with Gasteiger partial charge in [-0.25, -0.2) is 13.9 Å². The number of benzene rings is 1. The van der Waals surface area contributed by atoms with Gasteiger partial charge in [-0.05, 0) is 57.2 Å². The number of aryl methyl sites for hydroxylation is 1. The quantitative estimate of drug-likeness (QED) is 0.356. The topological polar surface area (TPSA) is 110 Å². The molecular weight excluding hydrogens is 523 g/mol. The molecule has 212 valence electrons. The largest absolute Gasteiger partial charge is 0.349 e. The van der Waals surface area contributed by atoms with Crippen molar-refractivity contribution in [2.45, 2.75) is 64.5 Å². The van der Waals surface area contributed by atoms with Crippen LogP contribution in [-0.2, 0) is 11.2 Å². The summed E-state index contributed by atoms with van der Waals surface area (Å²) in [6.45, 7) is 4.29. The van der Waals surface area contributed by atoms with Crippen LogP contribution in [-0.4, -0.2) is 49.6 Å². The van der Waals surface area contributed by atoms with Crippen molar-refractivity contribution in [2.24, 2.45) is 0 Å². The van der Waals surface area contributed by atoms with Crippen LogP contribution in [0.15, 0.2) is 61.1 Å². The van der Waals surface area contributed by atoms with Crippen LogP contribution in [0.3, 0.4) is 0 Å². The summed E-state index contributed by atoms with van der Waals surface area (Å²) in [7, 11) is 0. The molecule has 5 heterocycles. The van der Waals surface area contributed by atoms with E-state index in [-0.39, 0.29) is 35.4 Å². The maximum absolute atomic E-state index is 14.1. The van der Waals surface area contributed by atoms with Gasteiger partial charge in [0.05, 0.1) is 18.4 Å². The summed E-state index contributed by atoms with van der Waals surface area (Å²) < 4.78 is 15.7. The monoisotopic (exact) mass is 556 g/mol. The SMILES string of the molecule is CC(=O)CCC(=O)c1ccccc1.C[C@@H]1CCc2ncc(F)cc2[C@H]2CCCN2c2ccn3ncc(c3n2)C(=O)N1. The standard InChI is InChI=1S/C20H21FN6O.C11H12O2/c1-12-4-5-16-14(9-13(21)10-22-16)17-3-2-7-26(17)18-6-8-27-19(25-18)15(11-23-27)20(28)24-12;1-9(12)7-8-11(13)10-5-3-2-4-6-10/h6,8-12,17H,2-5,7H2,1H3,(H,24,28);2-6H,7-8H2,1H3/t12-,17-;/m1./s1. The first-order valence-corrected chi connectivity index (χ1v) is 13.9. The van der Waals surface area contributed by atoms with E-state index in [4.69, 9.17) is 4.98 Å². The highest BCUT2D eigenvalue weighted by Gasteiger charge is 2.31. The molecule has 0 unspecified atom stereocenters. The Balaban J connectivity index is 0.000000219. The van der Waals surface area contributed by atoms with E-state index in [9.17, 15) is 18.8 Å². The van der Waals surface area contributed by atoms with E-state index in [1.54, 1.807) is 28.9 Å². The average Bonchev–Trinajstić information content (AvgIpc) is 3.63. The number of nitrogens with one attached hydrogen (secondary N) is 1. The fourth-order valence-electron chi connectivity index (χ4n) is 5.31. The number of nitrogens with zero attached hydrogens (tertiary/aromatic N) is 5. The Hall–Kier alpha value is -4.47. The third-order valence-corrected chi connectivity index (χ3v) is 7.47. The molecule has 10 heteroatoms. The number of fused-ring (bicyclic) bond motifs is 5. The number of rotatable bonds is 4. The smallest absolute Gasteiger partial charge is 0.256 e. The molecule has 2 aliphatic rings. The predicted molar refractivity (Wildman–Crippen MR) is 152 cm³/mol. The number of Topliss-reactive ketones (excluding diaryl/α,β-unsaturated/α-hetero) is 2. The summed E-state index contributed by atoms with van der Waals surface area (Å²) in [5.41, 5.74) is 3.49. The molecular formula is C31H33FN6O3. The summed E-state index contributed by atoms with van der Waals surface area (Å²) >= 11 is 0. The minimum absolute atomic E-state index is 0.0271. The summed E-state index contributed by atoms with van der Waals surface area (Å²) in [6, 6.07) is 12.5. The second kappa shape index (κ2) is 12.4. The normalized spacial score (nSPS) is 18.2. The van der Waals surface area contributed by atoms with E-state index in [1.165, 1.54) is 13.1 Å². The van der Waals surface area contributed by atoms with Crippen LogP contribution in [0.4, 0.5) is 10.2 Å². The molecule has 41 heavy (non-hydrogen) atoms. The first-order chi connectivity index (χ1) is 19.8. The van der Waals surface area contributed by atoms with Crippen molar-refractivity contribution in [2.75, 3.05) is 11.4 Å². The lowest BCUT2D eigenvalue weighted by molar-refractivity contribution is -0.117. The van der Waals surface area contributed by atoms with Crippen LogP contribution < -0.4 is 10.2 Å². The fourth-order valence-corrected chi connectivity index (χ4v) is 5.31. The number of carbonyl (C=O) groups is 3. The third kappa shape index (κ3) is 6.48. The van der Waals surface area contributed by atoms with Crippen molar-refractivity contribution in [3.8, 4) is 0 Å². The van der Waals surface area contributed by atoms with E-state index in [2.05, 4.69) is 20.3 Å². The van der Waals surface area contributed by atoms with Crippen LogP contribution in [0.2, 0.25) is 0 Å².